The highest BCUT2D eigenvalue weighted by molar-refractivity contribution is 9.11. The van der Waals surface area contributed by atoms with Crippen LogP contribution in [0.25, 0.3) is 6.08 Å². The van der Waals surface area contributed by atoms with Crippen molar-refractivity contribution in [3.8, 4) is 0 Å². The zero-order valence-corrected chi connectivity index (χ0v) is 12.2. The molecule has 0 aliphatic carbocycles. The third-order valence-electron chi connectivity index (χ3n) is 1.84. The molecule has 0 fully saturated rings. The molecule has 6 heteroatoms. The van der Waals surface area contributed by atoms with Crippen molar-refractivity contribution >= 4 is 55.7 Å². The van der Waals surface area contributed by atoms with Gasteiger partial charge in [-0.2, -0.15) is 0 Å². The van der Waals surface area contributed by atoms with E-state index >= 15 is 0 Å². The molecule has 0 saturated heterocycles. The summed E-state index contributed by atoms with van der Waals surface area (Å²) in [7, 11) is 0. The smallest absolute Gasteiger partial charge is 0.250 e. The van der Waals surface area contributed by atoms with Crippen LogP contribution in [0.5, 0.6) is 0 Å². The molecule has 2 heterocycles. The fraction of sp³-hybridized carbons (Fsp3) is 0.0909. The zero-order valence-electron chi connectivity index (χ0n) is 8.94. The van der Waals surface area contributed by atoms with Gasteiger partial charge in [0.1, 0.15) is 0 Å². The van der Waals surface area contributed by atoms with Crippen LogP contribution in [-0.4, -0.2) is 10.9 Å². The van der Waals surface area contributed by atoms with E-state index < -0.39 is 0 Å². The average molecular weight is 329 g/mol. The number of hydrogen-bond acceptors (Lipinski definition) is 4. The Morgan fingerprint density at radius 3 is 2.94 bits per heavy atom. The van der Waals surface area contributed by atoms with Crippen LogP contribution in [0.2, 0.25) is 0 Å². The second-order valence-corrected chi connectivity index (χ2v) is 6.61. The minimum Gasteiger partial charge on any atom is -0.298 e. The zero-order chi connectivity index (χ0) is 12.3. The third-order valence-corrected chi connectivity index (χ3v) is 4.31. The Kier molecular flexibility index (Phi) is 4.09. The summed E-state index contributed by atoms with van der Waals surface area (Å²) in [6, 6.07) is 3.90. The molecule has 0 aromatic carbocycles. The van der Waals surface area contributed by atoms with Crippen molar-refractivity contribution in [1.82, 2.24) is 4.98 Å². The Morgan fingerprint density at radius 1 is 1.53 bits per heavy atom. The first-order valence-corrected chi connectivity index (χ1v) is 7.29. The second-order valence-electron chi connectivity index (χ2n) is 3.26. The predicted molar refractivity (Wildman–Crippen MR) is 76.5 cm³/mol. The lowest BCUT2D eigenvalue weighted by Gasteiger charge is -1.94. The molecule has 1 N–H and O–H groups in total. The molecule has 0 aliphatic rings. The summed E-state index contributed by atoms with van der Waals surface area (Å²) in [5, 5.41) is 5.24. The number of thiazole rings is 1. The number of thiophene rings is 1. The Morgan fingerprint density at radius 2 is 2.35 bits per heavy atom. The molecule has 0 saturated carbocycles. The molecule has 0 unspecified atom stereocenters. The van der Waals surface area contributed by atoms with Gasteiger partial charge in [0.25, 0.3) is 0 Å². The van der Waals surface area contributed by atoms with Crippen LogP contribution >= 0.6 is 38.6 Å². The fourth-order valence-electron chi connectivity index (χ4n) is 1.13. The number of hydrogen-bond donors (Lipinski definition) is 1. The van der Waals surface area contributed by atoms with E-state index in [2.05, 4.69) is 26.2 Å². The van der Waals surface area contributed by atoms with Crippen LogP contribution in [0, 0.1) is 6.92 Å². The number of nitrogens with one attached hydrogen (secondary N) is 1. The summed E-state index contributed by atoms with van der Waals surface area (Å²) in [6.07, 6.45) is 3.29. The number of nitrogens with zero attached hydrogens (tertiary/aromatic N) is 1. The predicted octanol–water partition coefficient (Wildman–Crippen LogP) is 3.93. The molecule has 2 aromatic heterocycles. The van der Waals surface area contributed by atoms with Crippen LogP contribution < -0.4 is 5.32 Å². The normalized spacial score (nSPS) is 10.9. The quantitative estimate of drug-likeness (QED) is 0.867. The Labute approximate surface area is 115 Å². The van der Waals surface area contributed by atoms with Gasteiger partial charge in [0.2, 0.25) is 5.91 Å². The molecular weight excluding hydrogens is 320 g/mol. The van der Waals surface area contributed by atoms with Gasteiger partial charge >= 0.3 is 0 Å². The number of amides is 1. The summed E-state index contributed by atoms with van der Waals surface area (Å²) in [5.41, 5.74) is 0.913. The van der Waals surface area contributed by atoms with Crippen molar-refractivity contribution in [3.63, 3.8) is 0 Å². The maximum Gasteiger partial charge on any atom is 0.250 e. The molecule has 0 bridgehead atoms. The van der Waals surface area contributed by atoms with E-state index in [4.69, 9.17) is 0 Å². The van der Waals surface area contributed by atoms with Gasteiger partial charge in [-0.15, -0.1) is 22.7 Å². The van der Waals surface area contributed by atoms with Gasteiger partial charge in [-0.05, 0) is 41.1 Å². The third kappa shape index (κ3) is 3.76. The van der Waals surface area contributed by atoms with E-state index in [1.807, 2.05) is 24.4 Å². The molecular formula is C11H9BrN2OS2. The summed E-state index contributed by atoms with van der Waals surface area (Å²) in [5.74, 6) is -0.163. The lowest BCUT2D eigenvalue weighted by atomic mass is 10.4. The Bertz CT molecular complexity index is 559. The maximum atomic E-state index is 11.6. The van der Waals surface area contributed by atoms with Crippen LogP contribution in [-0.2, 0) is 4.79 Å². The van der Waals surface area contributed by atoms with E-state index in [1.54, 1.807) is 17.4 Å². The first-order valence-electron chi connectivity index (χ1n) is 4.80. The number of anilines is 1. The lowest BCUT2D eigenvalue weighted by Crippen LogP contribution is -2.07. The largest absolute Gasteiger partial charge is 0.298 e. The molecule has 0 radical (unpaired) electrons. The number of carbonyl (C=O) groups excluding carboxylic acids is 1. The first-order chi connectivity index (χ1) is 8.13. The van der Waals surface area contributed by atoms with E-state index in [-0.39, 0.29) is 5.91 Å². The van der Waals surface area contributed by atoms with E-state index in [1.165, 1.54) is 17.4 Å². The average Bonchev–Trinajstić information content (AvgIpc) is 2.85. The summed E-state index contributed by atoms with van der Waals surface area (Å²) in [4.78, 5) is 16.8. The molecule has 0 aliphatic heterocycles. The summed E-state index contributed by atoms with van der Waals surface area (Å²) in [6.45, 7) is 1.89. The van der Waals surface area contributed by atoms with Crippen molar-refractivity contribution < 1.29 is 4.79 Å². The number of carbonyl (C=O) groups is 1. The van der Waals surface area contributed by atoms with Gasteiger partial charge in [-0.3, -0.25) is 10.1 Å². The molecule has 88 valence electrons. The Hall–Kier alpha value is -0.980. The van der Waals surface area contributed by atoms with Gasteiger partial charge in [0.15, 0.2) is 5.13 Å². The van der Waals surface area contributed by atoms with Gasteiger partial charge in [0, 0.05) is 16.3 Å². The highest BCUT2D eigenvalue weighted by Crippen LogP contribution is 2.23. The van der Waals surface area contributed by atoms with Gasteiger partial charge in [-0.1, -0.05) is 0 Å². The molecule has 17 heavy (non-hydrogen) atoms. The monoisotopic (exact) mass is 328 g/mol. The van der Waals surface area contributed by atoms with Crippen molar-refractivity contribution in [3.05, 3.63) is 37.9 Å². The molecule has 0 spiro atoms. The molecule has 3 nitrogen and oxygen atoms in total. The van der Waals surface area contributed by atoms with Crippen LogP contribution in [0.3, 0.4) is 0 Å². The number of aryl methyl sites for hydroxylation is 1. The molecule has 2 rings (SSSR count). The molecule has 2 aromatic rings. The topological polar surface area (TPSA) is 42.0 Å². The van der Waals surface area contributed by atoms with E-state index in [0.29, 0.717) is 5.13 Å². The standard InChI is InChI=1S/C11H9BrN2OS2/c1-7-6-16-11(13-7)14-10(15)5-3-8-2-4-9(12)17-8/h2-6H,1H3,(H,13,14,15)/b5-3+. The van der Waals surface area contributed by atoms with Gasteiger partial charge in [-0.25, -0.2) is 4.98 Å². The minimum atomic E-state index is -0.163. The number of aromatic nitrogens is 1. The van der Waals surface area contributed by atoms with Crippen molar-refractivity contribution in [1.29, 1.82) is 0 Å². The molecule has 0 atom stereocenters. The minimum absolute atomic E-state index is 0.163. The second kappa shape index (κ2) is 5.57. The van der Waals surface area contributed by atoms with E-state index in [9.17, 15) is 4.79 Å². The summed E-state index contributed by atoms with van der Waals surface area (Å²) < 4.78 is 1.05. The molecule has 1 amide bonds. The highest BCUT2D eigenvalue weighted by atomic mass is 79.9. The fourth-order valence-corrected chi connectivity index (χ4v) is 3.15. The summed E-state index contributed by atoms with van der Waals surface area (Å²) >= 11 is 6.37. The van der Waals surface area contributed by atoms with E-state index in [0.717, 1.165) is 14.4 Å². The van der Waals surface area contributed by atoms with Crippen LogP contribution in [0.15, 0.2) is 27.4 Å². The Balaban J connectivity index is 1.95. The lowest BCUT2D eigenvalue weighted by molar-refractivity contribution is -0.111. The SMILES string of the molecule is Cc1csc(NC(=O)/C=C/c2ccc(Br)s2)n1. The maximum absolute atomic E-state index is 11.6. The highest BCUT2D eigenvalue weighted by Gasteiger charge is 2.01. The number of halogens is 1. The van der Waals surface area contributed by atoms with Crippen LogP contribution in [0.4, 0.5) is 5.13 Å². The van der Waals surface area contributed by atoms with Crippen LogP contribution in [0.1, 0.15) is 10.6 Å². The number of rotatable bonds is 3. The van der Waals surface area contributed by atoms with Crippen molar-refractivity contribution in [2.75, 3.05) is 5.32 Å². The first kappa shape index (κ1) is 12.5. The van der Waals surface area contributed by atoms with Crippen molar-refractivity contribution in [2.45, 2.75) is 6.92 Å². The van der Waals surface area contributed by atoms with Gasteiger partial charge in [0.05, 0.1) is 9.48 Å². The van der Waals surface area contributed by atoms with Crippen molar-refractivity contribution in [2.24, 2.45) is 0 Å². The van der Waals surface area contributed by atoms with Gasteiger partial charge < -0.3 is 0 Å².